The lowest BCUT2D eigenvalue weighted by molar-refractivity contribution is 0.191. The van der Waals surface area contributed by atoms with Crippen LogP contribution < -0.4 is 5.32 Å². The molecule has 0 spiro atoms. The molecule has 0 aliphatic heterocycles. The average Bonchev–Trinajstić information content (AvgIpc) is 2.40. The maximum atomic E-state index is 12.8. The molecule has 2 N–H and O–H groups in total. The van der Waals surface area contributed by atoms with Crippen LogP contribution in [0.2, 0.25) is 0 Å². The molecule has 0 aliphatic carbocycles. The normalized spacial score (nSPS) is 12.2. The topological polar surface area (TPSA) is 32.3 Å². The molecule has 100 valence electrons. The number of nitrogens with one attached hydrogen (secondary N) is 1. The van der Waals surface area contributed by atoms with Crippen molar-refractivity contribution in [2.45, 2.75) is 13.0 Å². The summed E-state index contributed by atoms with van der Waals surface area (Å²) in [7, 11) is 0. The summed E-state index contributed by atoms with van der Waals surface area (Å²) >= 11 is 3.46. The summed E-state index contributed by atoms with van der Waals surface area (Å²) in [6.45, 7) is 2.39. The molecular weight excluding hydrogens is 309 g/mol. The van der Waals surface area contributed by atoms with Crippen molar-refractivity contribution >= 4 is 21.6 Å². The number of hydrogen-bond acceptors (Lipinski definition) is 2. The van der Waals surface area contributed by atoms with Crippen molar-refractivity contribution in [1.82, 2.24) is 0 Å². The lowest BCUT2D eigenvalue weighted by Gasteiger charge is -2.13. The van der Waals surface area contributed by atoms with Crippen LogP contribution in [-0.2, 0) is 0 Å². The highest BCUT2D eigenvalue weighted by Gasteiger charge is 2.07. The second kappa shape index (κ2) is 6.17. The van der Waals surface area contributed by atoms with Crippen molar-refractivity contribution in [3.63, 3.8) is 0 Å². The minimum Gasteiger partial charge on any atom is -0.387 e. The first-order valence-electron chi connectivity index (χ1n) is 6.00. The fourth-order valence-corrected chi connectivity index (χ4v) is 2.10. The highest BCUT2D eigenvalue weighted by molar-refractivity contribution is 9.10. The zero-order valence-corrected chi connectivity index (χ0v) is 12.1. The Bertz CT molecular complexity index is 557. The molecule has 2 nitrogen and oxygen atoms in total. The van der Waals surface area contributed by atoms with E-state index in [0.717, 1.165) is 15.7 Å². The average molecular weight is 324 g/mol. The third-order valence-corrected chi connectivity index (χ3v) is 3.78. The Morgan fingerprint density at radius 3 is 2.53 bits per heavy atom. The van der Waals surface area contributed by atoms with E-state index in [-0.39, 0.29) is 5.82 Å². The van der Waals surface area contributed by atoms with Crippen LogP contribution in [0.25, 0.3) is 0 Å². The number of benzene rings is 2. The van der Waals surface area contributed by atoms with Crippen LogP contribution in [0.5, 0.6) is 0 Å². The van der Waals surface area contributed by atoms with E-state index in [1.807, 2.05) is 25.1 Å². The zero-order valence-electron chi connectivity index (χ0n) is 10.5. The molecule has 2 rings (SSSR count). The first-order valence-corrected chi connectivity index (χ1v) is 6.79. The van der Waals surface area contributed by atoms with Gasteiger partial charge in [-0.1, -0.05) is 34.1 Å². The van der Waals surface area contributed by atoms with Gasteiger partial charge in [0.15, 0.2) is 0 Å². The number of aliphatic hydroxyl groups is 1. The highest BCUT2D eigenvalue weighted by atomic mass is 79.9. The second-order valence-electron chi connectivity index (χ2n) is 4.41. The summed E-state index contributed by atoms with van der Waals surface area (Å²) in [6.07, 6.45) is -0.666. The summed E-state index contributed by atoms with van der Waals surface area (Å²) in [4.78, 5) is 0. The third kappa shape index (κ3) is 3.78. The first-order chi connectivity index (χ1) is 9.06. The second-order valence-corrected chi connectivity index (χ2v) is 5.27. The number of rotatable bonds is 4. The van der Waals surface area contributed by atoms with Gasteiger partial charge in [0.05, 0.1) is 6.10 Å². The van der Waals surface area contributed by atoms with Crippen LogP contribution in [0.3, 0.4) is 0 Å². The van der Waals surface area contributed by atoms with Gasteiger partial charge >= 0.3 is 0 Å². The molecule has 0 fully saturated rings. The van der Waals surface area contributed by atoms with E-state index in [0.29, 0.717) is 12.1 Å². The molecule has 0 heterocycles. The molecule has 0 bridgehead atoms. The van der Waals surface area contributed by atoms with Gasteiger partial charge in [-0.25, -0.2) is 4.39 Å². The Labute approximate surface area is 120 Å². The van der Waals surface area contributed by atoms with Gasteiger partial charge < -0.3 is 10.4 Å². The van der Waals surface area contributed by atoms with Gasteiger partial charge in [-0.05, 0) is 42.3 Å². The molecule has 19 heavy (non-hydrogen) atoms. The lowest BCUT2D eigenvalue weighted by atomic mass is 10.1. The van der Waals surface area contributed by atoms with Gasteiger partial charge in [0.25, 0.3) is 0 Å². The molecule has 4 heteroatoms. The van der Waals surface area contributed by atoms with Crippen LogP contribution in [0.15, 0.2) is 46.9 Å². The molecular formula is C15H15BrFNO. The molecule has 0 aliphatic rings. The molecule has 0 aromatic heterocycles. The van der Waals surface area contributed by atoms with Crippen LogP contribution in [-0.4, -0.2) is 11.7 Å². The Kier molecular flexibility index (Phi) is 4.56. The number of aryl methyl sites for hydroxylation is 1. The van der Waals surface area contributed by atoms with E-state index in [4.69, 9.17) is 0 Å². The van der Waals surface area contributed by atoms with Gasteiger partial charge in [-0.2, -0.15) is 0 Å². The standard InChI is InChI=1S/C15H15BrFNO/c1-10-2-7-13(8-14(10)16)18-9-15(19)11-3-5-12(17)6-4-11/h2-8,15,18-19H,9H2,1H3. The van der Waals surface area contributed by atoms with Crippen molar-refractivity contribution in [3.8, 4) is 0 Å². The monoisotopic (exact) mass is 323 g/mol. The predicted octanol–water partition coefficient (Wildman–Crippen LogP) is 4.04. The van der Waals surface area contributed by atoms with Crippen LogP contribution in [0.4, 0.5) is 10.1 Å². The molecule has 2 aromatic carbocycles. The van der Waals surface area contributed by atoms with Crippen molar-refractivity contribution in [3.05, 3.63) is 63.9 Å². The Hall–Kier alpha value is -1.39. The third-order valence-electron chi connectivity index (χ3n) is 2.93. The minimum atomic E-state index is -0.666. The molecule has 1 atom stereocenters. The fraction of sp³-hybridized carbons (Fsp3) is 0.200. The summed E-state index contributed by atoms with van der Waals surface area (Å²) < 4.78 is 13.8. The first kappa shape index (κ1) is 14.0. The summed E-state index contributed by atoms with van der Waals surface area (Å²) in [5, 5.41) is 13.2. The van der Waals surface area contributed by atoms with Crippen LogP contribution in [0, 0.1) is 12.7 Å². The molecule has 0 saturated carbocycles. The smallest absolute Gasteiger partial charge is 0.123 e. The zero-order chi connectivity index (χ0) is 13.8. The van der Waals surface area contributed by atoms with Crippen LogP contribution in [0.1, 0.15) is 17.2 Å². The minimum absolute atomic E-state index is 0.300. The summed E-state index contributed by atoms with van der Waals surface area (Å²) in [5.41, 5.74) is 2.78. The molecule has 2 aromatic rings. The molecule has 0 saturated heterocycles. The molecule has 1 unspecified atom stereocenters. The molecule has 0 radical (unpaired) electrons. The van der Waals surface area contributed by atoms with Gasteiger partial charge in [-0.15, -0.1) is 0 Å². The Morgan fingerprint density at radius 2 is 1.89 bits per heavy atom. The fourth-order valence-electron chi connectivity index (χ4n) is 1.72. The predicted molar refractivity (Wildman–Crippen MR) is 78.7 cm³/mol. The summed E-state index contributed by atoms with van der Waals surface area (Å²) in [5.74, 6) is -0.300. The van der Waals surface area contributed by atoms with Gasteiger partial charge in [0, 0.05) is 16.7 Å². The number of aliphatic hydroxyl groups excluding tert-OH is 1. The maximum absolute atomic E-state index is 12.8. The van der Waals surface area contributed by atoms with E-state index in [2.05, 4.69) is 21.2 Å². The Morgan fingerprint density at radius 1 is 1.21 bits per heavy atom. The van der Waals surface area contributed by atoms with E-state index >= 15 is 0 Å². The van der Waals surface area contributed by atoms with Crippen molar-refractivity contribution in [1.29, 1.82) is 0 Å². The Balaban J connectivity index is 1.98. The van der Waals surface area contributed by atoms with Gasteiger partial charge in [-0.3, -0.25) is 0 Å². The quantitative estimate of drug-likeness (QED) is 0.889. The van der Waals surface area contributed by atoms with Gasteiger partial charge in [0.1, 0.15) is 5.82 Å². The summed E-state index contributed by atoms with van der Waals surface area (Å²) in [6, 6.07) is 11.8. The highest BCUT2D eigenvalue weighted by Crippen LogP contribution is 2.21. The number of anilines is 1. The SMILES string of the molecule is Cc1ccc(NCC(O)c2ccc(F)cc2)cc1Br. The lowest BCUT2D eigenvalue weighted by Crippen LogP contribution is -2.12. The number of halogens is 2. The van der Waals surface area contributed by atoms with Crippen molar-refractivity contribution in [2.24, 2.45) is 0 Å². The van der Waals surface area contributed by atoms with E-state index in [1.165, 1.54) is 12.1 Å². The van der Waals surface area contributed by atoms with Gasteiger partial charge in [0.2, 0.25) is 0 Å². The maximum Gasteiger partial charge on any atom is 0.123 e. The largest absolute Gasteiger partial charge is 0.387 e. The van der Waals surface area contributed by atoms with Crippen molar-refractivity contribution < 1.29 is 9.50 Å². The molecule has 0 amide bonds. The van der Waals surface area contributed by atoms with Crippen LogP contribution >= 0.6 is 15.9 Å². The number of hydrogen-bond donors (Lipinski definition) is 2. The van der Waals surface area contributed by atoms with E-state index < -0.39 is 6.10 Å². The van der Waals surface area contributed by atoms with Crippen molar-refractivity contribution in [2.75, 3.05) is 11.9 Å². The van der Waals surface area contributed by atoms with E-state index in [1.54, 1.807) is 12.1 Å². The van der Waals surface area contributed by atoms with E-state index in [9.17, 15) is 9.50 Å².